The number of nitrogens with zero attached hydrogens (tertiary/aromatic N) is 1. The van der Waals surface area contributed by atoms with Crippen LogP contribution in [0, 0.1) is 0 Å². The lowest BCUT2D eigenvalue weighted by Gasteiger charge is -1.94. The van der Waals surface area contributed by atoms with Crippen molar-refractivity contribution in [1.29, 1.82) is 0 Å². The van der Waals surface area contributed by atoms with Gasteiger partial charge in [0.15, 0.2) is 0 Å². The first kappa shape index (κ1) is 11.6. The van der Waals surface area contributed by atoms with Crippen LogP contribution in [0.15, 0.2) is 4.99 Å². The van der Waals surface area contributed by atoms with Gasteiger partial charge >= 0.3 is 11.9 Å². The van der Waals surface area contributed by atoms with E-state index in [1.807, 2.05) is 0 Å². The standard InChI is InChI=1S/C8H13NO4/c1-2-13-8(12)6-9-5-3-4-7(10)11/h6H,2-5H2,1H3,(H,10,11). The molecule has 5 heteroatoms. The summed E-state index contributed by atoms with van der Waals surface area (Å²) in [7, 11) is 0. The number of hydrogen-bond acceptors (Lipinski definition) is 4. The number of aliphatic carboxylic acids is 1. The molecular weight excluding hydrogens is 174 g/mol. The monoisotopic (exact) mass is 187 g/mol. The third kappa shape index (κ3) is 8.52. The number of rotatable bonds is 6. The summed E-state index contributed by atoms with van der Waals surface area (Å²) in [5, 5.41) is 8.26. The Bertz CT molecular complexity index is 200. The molecule has 0 heterocycles. The third-order valence-corrected chi connectivity index (χ3v) is 1.16. The Morgan fingerprint density at radius 1 is 1.54 bits per heavy atom. The van der Waals surface area contributed by atoms with Crippen molar-refractivity contribution in [3.63, 3.8) is 0 Å². The molecule has 0 bridgehead atoms. The Labute approximate surface area is 76.4 Å². The van der Waals surface area contributed by atoms with E-state index >= 15 is 0 Å². The van der Waals surface area contributed by atoms with Gasteiger partial charge in [0.25, 0.3) is 0 Å². The van der Waals surface area contributed by atoms with Crippen molar-refractivity contribution in [3.05, 3.63) is 0 Å². The van der Waals surface area contributed by atoms with Crippen LogP contribution in [0.5, 0.6) is 0 Å². The second kappa shape index (κ2) is 7.27. The second-order valence-corrected chi connectivity index (χ2v) is 2.28. The van der Waals surface area contributed by atoms with Gasteiger partial charge in [-0.2, -0.15) is 0 Å². The zero-order valence-electron chi connectivity index (χ0n) is 7.52. The summed E-state index contributed by atoms with van der Waals surface area (Å²) in [5.74, 6) is -1.34. The fraction of sp³-hybridized carbons (Fsp3) is 0.625. The summed E-state index contributed by atoms with van der Waals surface area (Å²) in [5.41, 5.74) is 0. The van der Waals surface area contributed by atoms with E-state index in [1.165, 1.54) is 0 Å². The summed E-state index contributed by atoms with van der Waals surface area (Å²) in [6.45, 7) is 2.36. The maximum Gasteiger partial charge on any atom is 0.348 e. The van der Waals surface area contributed by atoms with Crippen LogP contribution >= 0.6 is 0 Å². The van der Waals surface area contributed by atoms with Crippen molar-refractivity contribution in [2.75, 3.05) is 13.2 Å². The molecule has 5 nitrogen and oxygen atoms in total. The Hall–Kier alpha value is -1.39. The second-order valence-electron chi connectivity index (χ2n) is 2.28. The largest absolute Gasteiger partial charge is 0.481 e. The lowest BCUT2D eigenvalue weighted by atomic mass is 10.3. The molecule has 0 aliphatic rings. The van der Waals surface area contributed by atoms with Gasteiger partial charge in [0.1, 0.15) is 6.21 Å². The molecule has 0 saturated heterocycles. The van der Waals surface area contributed by atoms with Crippen molar-refractivity contribution in [1.82, 2.24) is 0 Å². The lowest BCUT2D eigenvalue weighted by molar-refractivity contribution is -0.137. The van der Waals surface area contributed by atoms with E-state index in [-0.39, 0.29) is 6.42 Å². The van der Waals surface area contributed by atoms with E-state index in [9.17, 15) is 9.59 Å². The zero-order valence-corrected chi connectivity index (χ0v) is 7.52. The van der Waals surface area contributed by atoms with Gasteiger partial charge in [0.2, 0.25) is 0 Å². The molecule has 0 aromatic rings. The minimum Gasteiger partial charge on any atom is -0.481 e. The molecule has 0 atom stereocenters. The summed E-state index contributed by atoms with van der Waals surface area (Å²) >= 11 is 0. The zero-order chi connectivity index (χ0) is 10.1. The van der Waals surface area contributed by atoms with Crippen LogP contribution in [0.3, 0.4) is 0 Å². The molecule has 0 aliphatic carbocycles. The Balaban J connectivity index is 3.40. The fourth-order valence-corrected chi connectivity index (χ4v) is 0.640. The van der Waals surface area contributed by atoms with Crippen molar-refractivity contribution in [2.24, 2.45) is 4.99 Å². The maximum absolute atomic E-state index is 10.7. The van der Waals surface area contributed by atoms with Crippen LogP contribution in [-0.2, 0) is 14.3 Å². The lowest BCUT2D eigenvalue weighted by Crippen LogP contribution is -2.05. The van der Waals surface area contributed by atoms with Crippen LogP contribution in [0.4, 0.5) is 0 Å². The predicted octanol–water partition coefficient (Wildman–Crippen LogP) is 0.485. The number of carboxylic acids is 1. The first-order valence-corrected chi connectivity index (χ1v) is 4.05. The van der Waals surface area contributed by atoms with Gasteiger partial charge in [-0.25, -0.2) is 4.79 Å². The predicted molar refractivity (Wildman–Crippen MR) is 46.9 cm³/mol. The van der Waals surface area contributed by atoms with E-state index in [0.717, 1.165) is 6.21 Å². The number of esters is 1. The fourth-order valence-electron chi connectivity index (χ4n) is 0.640. The van der Waals surface area contributed by atoms with Gasteiger partial charge in [0, 0.05) is 13.0 Å². The van der Waals surface area contributed by atoms with Crippen molar-refractivity contribution in [3.8, 4) is 0 Å². The number of carboxylic acid groups (broad SMARTS) is 1. The third-order valence-electron chi connectivity index (χ3n) is 1.16. The highest BCUT2D eigenvalue weighted by Crippen LogP contribution is 1.88. The van der Waals surface area contributed by atoms with Crippen molar-refractivity contribution in [2.45, 2.75) is 19.8 Å². The molecule has 0 amide bonds. The molecule has 1 N–H and O–H groups in total. The van der Waals surface area contributed by atoms with Crippen LogP contribution in [-0.4, -0.2) is 36.4 Å². The molecule has 0 spiro atoms. The molecule has 0 rings (SSSR count). The average Bonchev–Trinajstić information content (AvgIpc) is 2.03. The average molecular weight is 187 g/mol. The van der Waals surface area contributed by atoms with E-state index in [4.69, 9.17) is 5.11 Å². The van der Waals surface area contributed by atoms with Crippen LogP contribution in [0.1, 0.15) is 19.8 Å². The van der Waals surface area contributed by atoms with Gasteiger partial charge < -0.3 is 9.84 Å². The minimum atomic E-state index is -0.855. The van der Waals surface area contributed by atoms with Crippen LogP contribution < -0.4 is 0 Å². The highest BCUT2D eigenvalue weighted by Gasteiger charge is 1.96. The van der Waals surface area contributed by atoms with Crippen LogP contribution in [0.25, 0.3) is 0 Å². The minimum absolute atomic E-state index is 0.0696. The quantitative estimate of drug-likeness (QED) is 0.373. The van der Waals surface area contributed by atoms with E-state index in [1.54, 1.807) is 6.92 Å². The maximum atomic E-state index is 10.7. The van der Waals surface area contributed by atoms with Gasteiger partial charge in [-0.3, -0.25) is 9.79 Å². The highest BCUT2D eigenvalue weighted by molar-refractivity contribution is 6.23. The van der Waals surface area contributed by atoms with E-state index in [0.29, 0.717) is 19.6 Å². The number of carbonyl (C=O) groups excluding carboxylic acids is 1. The summed E-state index contributed by atoms with van der Waals surface area (Å²) in [4.78, 5) is 24.4. The molecule has 0 aromatic carbocycles. The molecule has 0 aliphatic heterocycles. The Morgan fingerprint density at radius 3 is 2.77 bits per heavy atom. The van der Waals surface area contributed by atoms with Crippen LogP contribution in [0.2, 0.25) is 0 Å². The molecule has 0 unspecified atom stereocenters. The number of ether oxygens (including phenoxy) is 1. The van der Waals surface area contributed by atoms with Crippen molar-refractivity contribution >= 4 is 18.2 Å². The smallest absolute Gasteiger partial charge is 0.348 e. The molecule has 74 valence electrons. The number of hydrogen-bond donors (Lipinski definition) is 1. The topological polar surface area (TPSA) is 76.0 Å². The van der Waals surface area contributed by atoms with Crippen molar-refractivity contribution < 1.29 is 19.4 Å². The van der Waals surface area contributed by atoms with E-state index < -0.39 is 11.9 Å². The highest BCUT2D eigenvalue weighted by atomic mass is 16.5. The van der Waals surface area contributed by atoms with Gasteiger partial charge in [-0.1, -0.05) is 0 Å². The van der Waals surface area contributed by atoms with E-state index in [2.05, 4.69) is 9.73 Å². The summed E-state index contributed by atoms with van der Waals surface area (Å²) in [6.07, 6.45) is 1.58. The summed E-state index contributed by atoms with van der Waals surface area (Å²) in [6, 6.07) is 0. The van der Waals surface area contributed by atoms with Gasteiger partial charge in [0.05, 0.1) is 6.61 Å². The number of carbonyl (C=O) groups is 2. The Morgan fingerprint density at radius 2 is 2.23 bits per heavy atom. The number of aliphatic imine (C=N–C) groups is 1. The normalized spacial score (nSPS) is 10.2. The Kier molecular flexibility index (Phi) is 6.49. The first-order chi connectivity index (χ1) is 6.16. The van der Waals surface area contributed by atoms with Gasteiger partial charge in [-0.05, 0) is 13.3 Å². The first-order valence-electron chi connectivity index (χ1n) is 4.05. The molecule has 0 aromatic heterocycles. The SMILES string of the molecule is CCOC(=O)C=NCCCC(=O)O. The van der Waals surface area contributed by atoms with Gasteiger partial charge in [-0.15, -0.1) is 0 Å². The summed E-state index contributed by atoms with van der Waals surface area (Å²) < 4.78 is 4.56. The molecule has 0 fully saturated rings. The molecule has 0 saturated carbocycles. The molecule has 13 heavy (non-hydrogen) atoms. The molecular formula is C8H13NO4. The molecule has 0 radical (unpaired) electrons.